The molecule has 0 bridgehead atoms. The quantitative estimate of drug-likeness (QED) is 0.405. The van der Waals surface area contributed by atoms with E-state index < -0.39 is 58.4 Å². The Balaban J connectivity index is 1.71. The number of halogens is 3. The molecule has 4 N–H and O–H groups in total. The van der Waals surface area contributed by atoms with Crippen LogP contribution in [0.4, 0.5) is 13.2 Å². The van der Waals surface area contributed by atoms with Crippen LogP contribution >= 0.6 is 0 Å². The number of pyridine rings is 1. The lowest BCUT2D eigenvalue weighted by molar-refractivity contribution is 0.0781. The number of nitrogens with one attached hydrogen (secondary N) is 2. The maximum absolute atomic E-state index is 14.0. The van der Waals surface area contributed by atoms with Gasteiger partial charge in [-0.2, -0.15) is 0 Å². The summed E-state index contributed by atoms with van der Waals surface area (Å²) >= 11 is 0. The fraction of sp³-hybridized carbons (Fsp3) is 0.208. The van der Waals surface area contributed by atoms with Crippen LogP contribution in [0.25, 0.3) is 0 Å². The summed E-state index contributed by atoms with van der Waals surface area (Å²) in [5, 5.41) is 4.88. The standard InChI is InChI=1S/C24H21F3N4O5/c25-14-6-18(26)16(19(27)7-14)9-30-23(33)17-10-31-15(12-36-28)8-29-24(34)20(31)22(21(17)32)35-11-13-4-2-1-3-5-13/h1-7,10,15H,8-9,11-12,28H2,(H,29,34)(H,30,33)/t15-/m1/s1. The van der Waals surface area contributed by atoms with Crippen molar-refractivity contribution in [1.82, 2.24) is 15.2 Å². The van der Waals surface area contributed by atoms with Gasteiger partial charge in [-0.3, -0.25) is 14.4 Å². The van der Waals surface area contributed by atoms with E-state index in [1.807, 2.05) is 0 Å². The van der Waals surface area contributed by atoms with Crippen molar-refractivity contribution in [1.29, 1.82) is 0 Å². The van der Waals surface area contributed by atoms with Crippen molar-refractivity contribution < 1.29 is 32.3 Å². The lowest BCUT2D eigenvalue weighted by Gasteiger charge is -2.29. The second kappa shape index (κ2) is 10.6. The van der Waals surface area contributed by atoms with Crippen LogP contribution in [-0.4, -0.2) is 29.5 Å². The predicted octanol–water partition coefficient (Wildman–Crippen LogP) is 1.95. The SMILES string of the molecule is NOC[C@H]1CNC(=O)c2c(OCc3ccccc3)c(=O)c(C(=O)NCc3c(F)cc(F)cc3F)cn21. The average Bonchev–Trinajstić information content (AvgIpc) is 2.85. The van der Waals surface area contributed by atoms with E-state index >= 15 is 0 Å². The molecule has 12 heteroatoms. The Hall–Kier alpha value is -4.16. The number of amides is 2. The van der Waals surface area contributed by atoms with Crippen molar-refractivity contribution in [3.8, 4) is 5.75 Å². The lowest BCUT2D eigenvalue weighted by Crippen LogP contribution is -2.44. The van der Waals surface area contributed by atoms with Gasteiger partial charge < -0.3 is 24.8 Å². The first-order valence-electron chi connectivity index (χ1n) is 10.8. The molecule has 3 aromatic rings. The van der Waals surface area contributed by atoms with E-state index in [2.05, 4.69) is 10.6 Å². The number of aromatic nitrogens is 1. The zero-order valence-corrected chi connectivity index (χ0v) is 18.7. The zero-order chi connectivity index (χ0) is 25.8. The molecule has 1 atom stereocenters. The first-order chi connectivity index (χ1) is 17.3. The highest BCUT2D eigenvalue weighted by atomic mass is 19.1. The first kappa shape index (κ1) is 24.9. The summed E-state index contributed by atoms with van der Waals surface area (Å²) in [7, 11) is 0. The number of fused-ring (bicyclic) bond motifs is 1. The predicted molar refractivity (Wildman–Crippen MR) is 120 cm³/mol. The lowest BCUT2D eigenvalue weighted by atomic mass is 10.1. The highest BCUT2D eigenvalue weighted by Gasteiger charge is 2.32. The molecule has 1 aliphatic heterocycles. The highest BCUT2D eigenvalue weighted by molar-refractivity contribution is 5.99. The van der Waals surface area contributed by atoms with Gasteiger partial charge in [0.25, 0.3) is 11.8 Å². The number of carbonyl (C=O) groups is 2. The maximum Gasteiger partial charge on any atom is 0.272 e. The first-order valence-corrected chi connectivity index (χ1v) is 10.8. The monoisotopic (exact) mass is 502 g/mol. The summed E-state index contributed by atoms with van der Waals surface area (Å²) in [4.78, 5) is 43.6. The highest BCUT2D eigenvalue weighted by Crippen LogP contribution is 2.24. The molecule has 0 unspecified atom stereocenters. The number of rotatable bonds is 8. The van der Waals surface area contributed by atoms with Crippen LogP contribution in [0.2, 0.25) is 0 Å². The third kappa shape index (κ3) is 5.09. The van der Waals surface area contributed by atoms with E-state index in [-0.39, 0.29) is 31.2 Å². The summed E-state index contributed by atoms with van der Waals surface area (Å²) < 4.78 is 48.2. The van der Waals surface area contributed by atoms with E-state index in [0.717, 1.165) is 6.20 Å². The number of nitrogens with zero attached hydrogens (tertiary/aromatic N) is 1. The van der Waals surface area contributed by atoms with Crippen molar-refractivity contribution in [2.45, 2.75) is 19.2 Å². The largest absolute Gasteiger partial charge is 0.483 e. The van der Waals surface area contributed by atoms with Crippen LogP contribution in [-0.2, 0) is 18.0 Å². The van der Waals surface area contributed by atoms with E-state index in [9.17, 15) is 27.6 Å². The molecule has 2 amide bonds. The smallest absolute Gasteiger partial charge is 0.272 e. The minimum atomic E-state index is -1.20. The van der Waals surface area contributed by atoms with Crippen LogP contribution in [0.3, 0.4) is 0 Å². The third-order valence-electron chi connectivity index (χ3n) is 5.59. The molecule has 0 saturated heterocycles. The fourth-order valence-corrected chi connectivity index (χ4v) is 3.79. The van der Waals surface area contributed by atoms with Gasteiger partial charge >= 0.3 is 0 Å². The van der Waals surface area contributed by atoms with Gasteiger partial charge in [0.15, 0.2) is 11.4 Å². The van der Waals surface area contributed by atoms with Gasteiger partial charge in [-0.05, 0) is 5.56 Å². The zero-order valence-electron chi connectivity index (χ0n) is 18.7. The molecular weight excluding hydrogens is 481 g/mol. The van der Waals surface area contributed by atoms with Gasteiger partial charge in [0.2, 0.25) is 5.43 Å². The molecule has 1 aliphatic rings. The van der Waals surface area contributed by atoms with Gasteiger partial charge in [-0.25, -0.2) is 19.1 Å². The van der Waals surface area contributed by atoms with Crippen LogP contribution in [0.5, 0.6) is 5.75 Å². The fourth-order valence-electron chi connectivity index (χ4n) is 3.79. The number of hydrogen-bond acceptors (Lipinski definition) is 6. The average molecular weight is 502 g/mol. The minimum absolute atomic E-state index is 0.0681. The molecule has 0 spiro atoms. The third-order valence-corrected chi connectivity index (χ3v) is 5.59. The molecule has 2 heterocycles. The number of benzene rings is 2. The molecule has 0 radical (unpaired) electrons. The molecule has 0 saturated carbocycles. The Labute approximate surface area is 202 Å². The van der Waals surface area contributed by atoms with Crippen LogP contribution in [0.1, 0.15) is 38.0 Å². The molecule has 188 valence electrons. The normalized spacial score (nSPS) is 14.7. The van der Waals surface area contributed by atoms with Crippen molar-refractivity contribution >= 4 is 11.8 Å². The molecule has 0 aliphatic carbocycles. The minimum Gasteiger partial charge on any atom is -0.483 e. The number of hydrogen-bond donors (Lipinski definition) is 3. The van der Waals surface area contributed by atoms with Crippen LogP contribution in [0, 0.1) is 17.5 Å². The summed E-state index contributed by atoms with van der Waals surface area (Å²) in [5.74, 6) is -0.271. The second-order valence-electron chi connectivity index (χ2n) is 7.96. The molecule has 36 heavy (non-hydrogen) atoms. The van der Waals surface area contributed by atoms with Gasteiger partial charge in [0, 0.05) is 37.0 Å². The Kier molecular flexibility index (Phi) is 7.36. The molecule has 1 aromatic heterocycles. The summed E-state index contributed by atoms with van der Waals surface area (Å²) in [5.41, 5.74) is -1.36. The van der Waals surface area contributed by atoms with E-state index in [1.165, 1.54) is 4.57 Å². The van der Waals surface area contributed by atoms with Crippen LogP contribution < -0.4 is 26.7 Å². The molecule has 4 rings (SSSR count). The number of ether oxygens (including phenoxy) is 1. The molecule has 9 nitrogen and oxygen atoms in total. The topological polar surface area (TPSA) is 125 Å². The van der Waals surface area contributed by atoms with Crippen molar-refractivity contribution in [3.63, 3.8) is 0 Å². The Morgan fingerprint density at radius 1 is 1.14 bits per heavy atom. The Morgan fingerprint density at radius 2 is 1.83 bits per heavy atom. The van der Waals surface area contributed by atoms with Gasteiger partial charge in [-0.15, -0.1) is 0 Å². The molecular formula is C24H21F3N4O5. The maximum atomic E-state index is 14.0. The summed E-state index contributed by atoms with van der Waals surface area (Å²) in [6, 6.07) is 9.19. The Morgan fingerprint density at radius 3 is 2.50 bits per heavy atom. The van der Waals surface area contributed by atoms with E-state index in [0.29, 0.717) is 17.7 Å². The van der Waals surface area contributed by atoms with Crippen LogP contribution in [0.15, 0.2) is 53.5 Å². The molecule has 2 aromatic carbocycles. The Bertz CT molecular complexity index is 1340. The number of carbonyl (C=O) groups excluding carboxylic acids is 2. The van der Waals surface area contributed by atoms with Gasteiger partial charge in [-0.1, -0.05) is 30.3 Å². The van der Waals surface area contributed by atoms with E-state index in [4.69, 9.17) is 15.5 Å². The summed E-state index contributed by atoms with van der Waals surface area (Å²) in [6.45, 7) is -0.710. The second-order valence-corrected chi connectivity index (χ2v) is 7.96. The van der Waals surface area contributed by atoms with Crippen molar-refractivity contribution in [3.05, 3.63) is 98.7 Å². The molecule has 0 fully saturated rings. The van der Waals surface area contributed by atoms with E-state index in [1.54, 1.807) is 30.3 Å². The van der Waals surface area contributed by atoms with Crippen molar-refractivity contribution in [2.75, 3.05) is 13.2 Å². The van der Waals surface area contributed by atoms with Gasteiger partial charge in [0.05, 0.1) is 12.6 Å². The number of nitrogens with two attached hydrogens (primary N) is 1. The summed E-state index contributed by atoms with van der Waals surface area (Å²) in [6.07, 6.45) is 1.14. The van der Waals surface area contributed by atoms with Crippen molar-refractivity contribution in [2.24, 2.45) is 5.90 Å². The van der Waals surface area contributed by atoms with Gasteiger partial charge in [0.1, 0.15) is 29.6 Å².